The Morgan fingerprint density at radius 2 is 2.31 bits per heavy atom. The number of carbonyl (C=O) groups is 1. The molecule has 0 saturated carbocycles. The molecule has 0 saturated heterocycles. The van der Waals surface area contributed by atoms with E-state index in [0.29, 0.717) is 19.1 Å². The first kappa shape index (κ1) is 11.5. The largest absolute Gasteiger partial charge is 0.355 e. The maximum Gasteiger partial charge on any atom is 0.233 e. The Kier molecular flexibility index (Phi) is 3.85. The lowest BCUT2D eigenvalue weighted by molar-refractivity contribution is -0.120. The number of hydrogen-bond acceptors (Lipinski definition) is 3. The molecule has 2 rings (SSSR count). The number of amides is 1. The summed E-state index contributed by atoms with van der Waals surface area (Å²) in [5.41, 5.74) is 1.32. The van der Waals surface area contributed by atoms with Crippen LogP contribution in [0.2, 0.25) is 0 Å². The second-order valence-corrected chi connectivity index (χ2v) is 4.80. The summed E-state index contributed by atoms with van der Waals surface area (Å²) in [7, 11) is 0. The third-order valence-electron chi connectivity index (χ3n) is 2.58. The Morgan fingerprint density at radius 1 is 1.50 bits per heavy atom. The summed E-state index contributed by atoms with van der Waals surface area (Å²) >= 11 is 1.85. The molecule has 0 spiro atoms. The zero-order valence-electron chi connectivity index (χ0n) is 9.32. The highest BCUT2D eigenvalue weighted by Gasteiger charge is 2.22. The molecule has 4 heteroatoms. The summed E-state index contributed by atoms with van der Waals surface area (Å²) in [5, 5.41) is 6.07. The maximum absolute atomic E-state index is 11.3. The molecule has 0 aromatic heterocycles. The van der Waals surface area contributed by atoms with Crippen LogP contribution in [0.3, 0.4) is 0 Å². The average molecular weight is 236 g/mol. The van der Waals surface area contributed by atoms with Gasteiger partial charge < -0.3 is 10.6 Å². The van der Waals surface area contributed by atoms with Crippen molar-refractivity contribution in [1.82, 2.24) is 10.6 Å². The minimum Gasteiger partial charge on any atom is -0.355 e. The first-order valence-electron chi connectivity index (χ1n) is 5.53. The molecule has 1 atom stereocenters. The number of likely N-dealkylation sites (N-methyl/N-ethyl adjacent to an activating group) is 1. The molecule has 0 aliphatic carbocycles. The summed E-state index contributed by atoms with van der Waals surface area (Å²) in [4.78, 5) is 12.7. The van der Waals surface area contributed by atoms with Gasteiger partial charge in [-0.1, -0.05) is 18.2 Å². The van der Waals surface area contributed by atoms with Crippen LogP contribution < -0.4 is 10.6 Å². The molecule has 1 heterocycles. The molecule has 16 heavy (non-hydrogen) atoms. The van der Waals surface area contributed by atoms with Gasteiger partial charge in [-0.25, -0.2) is 0 Å². The van der Waals surface area contributed by atoms with Gasteiger partial charge in [-0.3, -0.25) is 4.79 Å². The van der Waals surface area contributed by atoms with Crippen molar-refractivity contribution in [3.05, 3.63) is 29.8 Å². The van der Waals surface area contributed by atoms with Crippen LogP contribution in [0.1, 0.15) is 18.5 Å². The molecule has 2 N–H and O–H groups in total. The Hall–Kier alpha value is -1.00. The van der Waals surface area contributed by atoms with Crippen LogP contribution in [0.15, 0.2) is 29.2 Å². The van der Waals surface area contributed by atoms with E-state index in [-0.39, 0.29) is 5.91 Å². The first-order chi connectivity index (χ1) is 7.81. The highest BCUT2D eigenvalue weighted by atomic mass is 32.2. The van der Waals surface area contributed by atoms with Gasteiger partial charge in [0, 0.05) is 23.2 Å². The summed E-state index contributed by atoms with van der Waals surface area (Å²) in [6.07, 6.45) is 0. The van der Waals surface area contributed by atoms with E-state index in [1.165, 1.54) is 10.5 Å². The molecule has 86 valence electrons. The zero-order valence-corrected chi connectivity index (χ0v) is 10.1. The smallest absolute Gasteiger partial charge is 0.233 e. The number of nitrogens with one attached hydrogen (secondary N) is 2. The van der Waals surface area contributed by atoms with Crippen LogP contribution in [0.5, 0.6) is 0 Å². The van der Waals surface area contributed by atoms with Crippen molar-refractivity contribution in [3.63, 3.8) is 0 Å². The van der Waals surface area contributed by atoms with Gasteiger partial charge in [0.2, 0.25) is 5.91 Å². The molecule has 1 aliphatic heterocycles. The van der Waals surface area contributed by atoms with E-state index >= 15 is 0 Å². The van der Waals surface area contributed by atoms with Crippen LogP contribution in [0.4, 0.5) is 0 Å². The molecule has 3 nitrogen and oxygen atoms in total. The van der Waals surface area contributed by atoms with E-state index in [0.717, 1.165) is 5.75 Å². The van der Waals surface area contributed by atoms with Crippen molar-refractivity contribution < 1.29 is 4.79 Å². The lowest BCUT2D eigenvalue weighted by atomic mass is 10.1. The highest BCUT2D eigenvalue weighted by Crippen LogP contribution is 2.37. The van der Waals surface area contributed by atoms with E-state index in [4.69, 9.17) is 0 Å². The molecule has 1 aromatic rings. The number of carbonyl (C=O) groups excluding carboxylic acids is 1. The Morgan fingerprint density at radius 3 is 3.12 bits per heavy atom. The summed E-state index contributed by atoms with van der Waals surface area (Å²) < 4.78 is 0. The Balaban J connectivity index is 1.91. The third-order valence-corrected chi connectivity index (χ3v) is 3.77. The summed E-state index contributed by atoms with van der Waals surface area (Å²) in [6.45, 7) is 3.02. The van der Waals surface area contributed by atoms with Crippen LogP contribution >= 0.6 is 11.8 Å². The monoisotopic (exact) mass is 236 g/mol. The van der Waals surface area contributed by atoms with Crippen molar-refractivity contribution in [2.45, 2.75) is 17.9 Å². The van der Waals surface area contributed by atoms with E-state index in [1.54, 1.807) is 0 Å². The quantitative estimate of drug-likeness (QED) is 0.833. The van der Waals surface area contributed by atoms with E-state index < -0.39 is 0 Å². The van der Waals surface area contributed by atoms with Crippen molar-refractivity contribution in [2.75, 3.05) is 18.8 Å². The van der Waals surface area contributed by atoms with Gasteiger partial charge in [-0.05, 0) is 18.6 Å². The number of thioether (sulfide) groups is 1. The van der Waals surface area contributed by atoms with Gasteiger partial charge in [-0.2, -0.15) is 0 Å². The van der Waals surface area contributed by atoms with Gasteiger partial charge >= 0.3 is 0 Å². The molecule has 1 aliphatic rings. The van der Waals surface area contributed by atoms with Crippen molar-refractivity contribution in [1.29, 1.82) is 0 Å². The Labute approximate surface area is 100.0 Å². The first-order valence-corrected chi connectivity index (χ1v) is 6.51. The van der Waals surface area contributed by atoms with Crippen LogP contribution in [0.25, 0.3) is 0 Å². The van der Waals surface area contributed by atoms with Crippen molar-refractivity contribution in [3.8, 4) is 0 Å². The second-order valence-electron chi connectivity index (χ2n) is 3.74. The van der Waals surface area contributed by atoms with Gasteiger partial charge in [0.15, 0.2) is 0 Å². The fourth-order valence-corrected chi connectivity index (χ4v) is 3.00. The van der Waals surface area contributed by atoms with Crippen LogP contribution in [0, 0.1) is 0 Å². The maximum atomic E-state index is 11.3. The molecular formula is C12H16N2OS. The average Bonchev–Trinajstić information content (AvgIpc) is 2.70. The topological polar surface area (TPSA) is 41.1 Å². The van der Waals surface area contributed by atoms with Gasteiger partial charge in [0.25, 0.3) is 0 Å². The van der Waals surface area contributed by atoms with Crippen LogP contribution in [-0.4, -0.2) is 24.7 Å². The summed E-state index contributed by atoms with van der Waals surface area (Å²) in [6, 6.07) is 8.67. The number of benzene rings is 1. The molecule has 1 amide bonds. The molecule has 0 bridgehead atoms. The predicted octanol–water partition coefficient (Wildman–Crippen LogP) is 1.56. The van der Waals surface area contributed by atoms with Gasteiger partial charge in [0.1, 0.15) is 0 Å². The lowest BCUT2D eigenvalue weighted by Crippen LogP contribution is -2.35. The fraction of sp³-hybridized carbons (Fsp3) is 0.417. The highest BCUT2D eigenvalue weighted by molar-refractivity contribution is 7.99. The van der Waals surface area contributed by atoms with Crippen molar-refractivity contribution >= 4 is 17.7 Å². The van der Waals surface area contributed by atoms with Gasteiger partial charge in [-0.15, -0.1) is 11.8 Å². The molecule has 0 radical (unpaired) electrons. The molecule has 1 unspecified atom stereocenters. The summed E-state index contributed by atoms with van der Waals surface area (Å²) in [5.74, 6) is 1.08. The molecule has 1 aromatic carbocycles. The minimum atomic E-state index is 0.0666. The lowest BCUT2D eigenvalue weighted by Gasteiger charge is -2.12. The number of hydrogen-bond donors (Lipinski definition) is 2. The standard InChI is InChI=1S/C12H16N2OS/c1-2-13-12(15)7-14-10-8-16-11-6-4-3-5-9(10)11/h3-6,10,14H,2,7-8H2,1H3,(H,13,15). The van der Waals surface area contributed by atoms with Gasteiger partial charge in [0.05, 0.1) is 6.54 Å². The zero-order chi connectivity index (χ0) is 11.4. The van der Waals surface area contributed by atoms with Crippen molar-refractivity contribution in [2.24, 2.45) is 0 Å². The molecular weight excluding hydrogens is 220 g/mol. The van der Waals surface area contributed by atoms with E-state index in [9.17, 15) is 4.79 Å². The predicted molar refractivity (Wildman–Crippen MR) is 66.6 cm³/mol. The fourth-order valence-electron chi connectivity index (χ4n) is 1.81. The normalized spacial score (nSPS) is 18.2. The van der Waals surface area contributed by atoms with E-state index in [2.05, 4.69) is 28.8 Å². The van der Waals surface area contributed by atoms with Crippen LogP contribution in [-0.2, 0) is 4.79 Å². The third kappa shape index (κ3) is 2.57. The Bertz CT molecular complexity index is 381. The second kappa shape index (κ2) is 5.37. The number of rotatable bonds is 4. The SMILES string of the molecule is CCNC(=O)CNC1CSc2ccccc21. The van der Waals surface area contributed by atoms with E-state index in [1.807, 2.05) is 24.8 Å². The number of fused-ring (bicyclic) bond motifs is 1. The minimum absolute atomic E-state index is 0.0666. The molecule has 0 fully saturated rings.